The lowest BCUT2D eigenvalue weighted by Gasteiger charge is -2.10. The molecule has 0 aliphatic rings. The first-order chi connectivity index (χ1) is 14.0. The van der Waals surface area contributed by atoms with E-state index in [1.807, 2.05) is 19.1 Å². The van der Waals surface area contributed by atoms with Crippen molar-refractivity contribution in [1.82, 2.24) is 5.43 Å². The van der Waals surface area contributed by atoms with Gasteiger partial charge in [-0.15, -0.1) is 0 Å². The third kappa shape index (κ3) is 7.51. The molecule has 0 aliphatic heterocycles. The molecule has 0 saturated carbocycles. The van der Waals surface area contributed by atoms with E-state index in [9.17, 15) is 22.8 Å². The molecule has 160 valence electrons. The molecule has 0 atom stereocenters. The number of benzene rings is 2. The van der Waals surface area contributed by atoms with Crippen molar-refractivity contribution in [2.75, 3.05) is 11.9 Å². The summed E-state index contributed by atoms with van der Waals surface area (Å²) in [5, 5.41) is 6.16. The fourth-order valence-electron chi connectivity index (χ4n) is 2.31. The second-order valence-electron chi connectivity index (χ2n) is 6.41. The van der Waals surface area contributed by atoms with Gasteiger partial charge in [-0.1, -0.05) is 12.1 Å². The first-order valence-corrected chi connectivity index (χ1v) is 9.52. The molecule has 0 heterocycles. The molecule has 0 radical (unpaired) electrons. The van der Waals surface area contributed by atoms with Crippen molar-refractivity contribution in [3.63, 3.8) is 0 Å². The maximum absolute atomic E-state index is 12.7. The highest BCUT2D eigenvalue weighted by molar-refractivity contribution is 9.10. The minimum absolute atomic E-state index is 0.0173. The van der Waals surface area contributed by atoms with E-state index < -0.39 is 23.6 Å². The molecule has 0 unspecified atom stereocenters. The number of hydrogen-bond donors (Lipinski definition) is 2. The largest absolute Gasteiger partial charge is 0.483 e. The van der Waals surface area contributed by atoms with Crippen molar-refractivity contribution < 1.29 is 27.5 Å². The van der Waals surface area contributed by atoms with Gasteiger partial charge < -0.3 is 10.1 Å². The summed E-state index contributed by atoms with van der Waals surface area (Å²) >= 11 is 3.34. The van der Waals surface area contributed by atoms with Crippen molar-refractivity contribution in [1.29, 1.82) is 0 Å². The molecule has 0 bridgehead atoms. The topological polar surface area (TPSA) is 79.8 Å². The lowest BCUT2D eigenvalue weighted by atomic mass is 10.2. The summed E-state index contributed by atoms with van der Waals surface area (Å²) < 4.78 is 44.2. The molecule has 0 aromatic heterocycles. The summed E-state index contributed by atoms with van der Waals surface area (Å²) in [7, 11) is 0. The minimum Gasteiger partial charge on any atom is -0.483 e. The van der Waals surface area contributed by atoms with Crippen LogP contribution in [0.25, 0.3) is 0 Å². The Morgan fingerprint density at radius 2 is 1.87 bits per heavy atom. The van der Waals surface area contributed by atoms with Crippen LogP contribution in [0, 0.1) is 6.92 Å². The molecule has 2 amide bonds. The summed E-state index contributed by atoms with van der Waals surface area (Å²) in [4.78, 5) is 23.8. The average molecular weight is 486 g/mol. The first kappa shape index (κ1) is 23.4. The molecule has 0 fully saturated rings. The third-order valence-electron chi connectivity index (χ3n) is 3.71. The van der Waals surface area contributed by atoms with Gasteiger partial charge in [-0.05, 0) is 65.7 Å². The summed E-state index contributed by atoms with van der Waals surface area (Å²) in [5.41, 5.74) is 2.71. The van der Waals surface area contributed by atoms with Gasteiger partial charge in [0.05, 0.1) is 16.5 Å². The van der Waals surface area contributed by atoms with E-state index in [2.05, 4.69) is 31.8 Å². The Morgan fingerprint density at radius 1 is 1.13 bits per heavy atom. The van der Waals surface area contributed by atoms with Crippen LogP contribution in [0.15, 0.2) is 52.0 Å². The molecule has 0 spiro atoms. The number of nitrogens with zero attached hydrogens (tertiary/aromatic N) is 1. The number of nitrogens with one attached hydrogen (secondary N) is 2. The molecule has 2 rings (SSSR count). The highest BCUT2D eigenvalue weighted by Crippen LogP contribution is 2.30. The highest BCUT2D eigenvalue weighted by atomic mass is 79.9. The molecule has 30 heavy (non-hydrogen) atoms. The van der Waals surface area contributed by atoms with E-state index in [1.54, 1.807) is 6.07 Å². The molecule has 0 saturated heterocycles. The summed E-state index contributed by atoms with van der Waals surface area (Å²) in [6.07, 6.45) is -4.71. The van der Waals surface area contributed by atoms with E-state index in [4.69, 9.17) is 4.74 Å². The molecule has 10 heteroatoms. The van der Waals surface area contributed by atoms with Crippen LogP contribution in [0.5, 0.6) is 5.75 Å². The number of carbonyl (C=O) groups excluding carboxylic acids is 2. The number of anilines is 1. The number of hydrogen-bond acceptors (Lipinski definition) is 4. The Balaban J connectivity index is 1.83. The first-order valence-electron chi connectivity index (χ1n) is 8.72. The van der Waals surface area contributed by atoms with Crippen LogP contribution in [-0.2, 0) is 15.8 Å². The number of rotatable bonds is 7. The van der Waals surface area contributed by atoms with Crippen molar-refractivity contribution >= 4 is 39.1 Å². The molecule has 2 aromatic rings. The average Bonchev–Trinajstić information content (AvgIpc) is 2.65. The van der Waals surface area contributed by atoms with Gasteiger partial charge in [0.25, 0.3) is 5.91 Å². The van der Waals surface area contributed by atoms with Gasteiger partial charge in [0.2, 0.25) is 5.91 Å². The van der Waals surface area contributed by atoms with Gasteiger partial charge in [-0.2, -0.15) is 18.3 Å². The van der Waals surface area contributed by atoms with Crippen molar-refractivity contribution in [2.45, 2.75) is 26.4 Å². The number of halogens is 4. The lowest BCUT2D eigenvalue weighted by molar-refractivity contribution is -0.137. The Bertz CT molecular complexity index is 962. The monoisotopic (exact) mass is 485 g/mol. The number of ether oxygens (including phenoxy) is 1. The minimum atomic E-state index is -4.50. The van der Waals surface area contributed by atoms with Crippen LogP contribution in [0.4, 0.5) is 18.9 Å². The van der Waals surface area contributed by atoms with Crippen LogP contribution in [0.3, 0.4) is 0 Å². The second kappa shape index (κ2) is 10.2. The number of hydrazone groups is 1. The maximum Gasteiger partial charge on any atom is 0.416 e. The quantitative estimate of drug-likeness (QED) is 0.441. The Morgan fingerprint density at radius 3 is 2.53 bits per heavy atom. The van der Waals surface area contributed by atoms with Crippen LogP contribution < -0.4 is 15.5 Å². The van der Waals surface area contributed by atoms with Crippen molar-refractivity contribution in [3.8, 4) is 5.75 Å². The molecule has 2 N–H and O–H groups in total. The maximum atomic E-state index is 12.7. The molecular formula is C20H19BrF3N3O3. The van der Waals surface area contributed by atoms with Crippen LogP contribution in [-0.4, -0.2) is 24.1 Å². The Kier molecular flexibility index (Phi) is 7.99. The summed E-state index contributed by atoms with van der Waals surface area (Å²) in [6.45, 7) is 3.14. The van der Waals surface area contributed by atoms with Gasteiger partial charge >= 0.3 is 6.18 Å². The standard InChI is InChI=1S/C20H19BrF3N3O3/c1-12-6-7-17(16(21)8-12)30-11-19(29)27-26-13(2)9-18(28)25-15-5-3-4-14(10-15)20(22,23)24/h3-8,10H,9,11H2,1-2H3,(H,25,28)(H,27,29)/b26-13-. The normalized spacial score (nSPS) is 11.7. The number of amides is 2. The van der Waals surface area contributed by atoms with E-state index >= 15 is 0 Å². The van der Waals surface area contributed by atoms with Crippen LogP contribution in [0.2, 0.25) is 0 Å². The Hall–Kier alpha value is -2.88. The lowest BCUT2D eigenvalue weighted by Crippen LogP contribution is -2.26. The van der Waals surface area contributed by atoms with E-state index in [0.29, 0.717) is 10.2 Å². The van der Waals surface area contributed by atoms with Crippen molar-refractivity contribution in [2.24, 2.45) is 5.10 Å². The van der Waals surface area contributed by atoms with E-state index in [0.717, 1.165) is 17.7 Å². The summed E-state index contributed by atoms with van der Waals surface area (Å²) in [5.74, 6) is -0.596. The molecule has 0 aliphatic carbocycles. The highest BCUT2D eigenvalue weighted by Gasteiger charge is 2.30. The zero-order valence-corrected chi connectivity index (χ0v) is 17.7. The van der Waals surface area contributed by atoms with Gasteiger partial charge in [-0.3, -0.25) is 9.59 Å². The smallest absolute Gasteiger partial charge is 0.416 e. The number of carbonyl (C=O) groups is 2. The fourth-order valence-corrected chi connectivity index (χ4v) is 2.91. The zero-order chi connectivity index (χ0) is 22.3. The fraction of sp³-hybridized carbons (Fsp3) is 0.250. The predicted octanol–water partition coefficient (Wildman–Crippen LogP) is 4.68. The van der Waals surface area contributed by atoms with Gasteiger partial charge in [0.1, 0.15) is 5.75 Å². The van der Waals surface area contributed by atoms with E-state index in [-0.39, 0.29) is 24.4 Å². The van der Waals surface area contributed by atoms with Crippen molar-refractivity contribution in [3.05, 3.63) is 58.1 Å². The number of alkyl halides is 3. The predicted molar refractivity (Wildman–Crippen MR) is 110 cm³/mol. The van der Waals surface area contributed by atoms with Gasteiger partial charge in [0.15, 0.2) is 6.61 Å². The molecule has 2 aromatic carbocycles. The van der Waals surface area contributed by atoms with E-state index in [1.165, 1.54) is 19.1 Å². The zero-order valence-electron chi connectivity index (χ0n) is 16.1. The SMILES string of the molecule is C/C(CC(=O)Nc1cccc(C(F)(F)F)c1)=N/NC(=O)COc1ccc(C)cc1Br. The molecule has 6 nitrogen and oxygen atoms in total. The Labute approximate surface area is 179 Å². The van der Waals surface area contributed by atoms with Gasteiger partial charge in [0, 0.05) is 11.4 Å². The molecular weight excluding hydrogens is 467 g/mol. The summed E-state index contributed by atoms with van der Waals surface area (Å²) in [6, 6.07) is 9.71. The van der Waals surface area contributed by atoms with Gasteiger partial charge in [-0.25, -0.2) is 5.43 Å². The van der Waals surface area contributed by atoms with Crippen LogP contribution in [0.1, 0.15) is 24.5 Å². The number of aryl methyl sites for hydroxylation is 1. The third-order valence-corrected chi connectivity index (χ3v) is 4.33. The second-order valence-corrected chi connectivity index (χ2v) is 7.26. The van der Waals surface area contributed by atoms with Crippen LogP contribution >= 0.6 is 15.9 Å².